The molecular weight excluding hydrogens is 238 g/mol. The van der Waals surface area contributed by atoms with Gasteiger partial charge in [-0.05, 0) is 32.4 Å². The van der Waals surface area contributed by atoms with E-state index >= 15 is 0 Å². The van der Waals surface area contributed by atoms with Crippen LogP contribution in [0.5, 0.6) is 5.75 Å². The largest absolute Gasteiger partial charge is 0.491 e. The van der Waals surface area contributed by atoms with Gasteiger partial charge in [-0.15, -0.1) is 0 Å². The van der Waals surface area contributed by atoms with Crippen LogP contribution in [0.4, 0.5) is 0 Å². The van der Waals surface area contributed by atoms with Crippen molar-refractivity contribution in [3.05, 3.63) is 29.8 Å². The highest BCUT2D eigenvalue weighted by Crippen LogP contribution is 2.17. The van der Waals surface area contributed by atoms with Crippen LogP contribution in [0.3, 0.4) is 0 Å². The number of nitrogens with one attached hydrogen (secondary N) is 1. The van der Waals surface area contributed by atoms with Gasteiger partial charge in [0.05, 0.1) is 12.7 Å². The Morgan fingerprint density at radius 3 is 2.47 bits per heavy atom. The quantitative estimate of drug-likeness (QED) is 0.695. The predicted octanol–water partition coefficient (Wildman–Crippen LogP) is 3.24. The average molecular weight is 265 g/mol. The van der Waals surface area contributed by atoms with Crippen molar-refractivity contribution in [2.45, 2.75) is 40.3 Å². The van der Waals surface area contributed by atoms with Crippen LogP contribution in [0.1, 0.15) is 33.3 Å². The summed E-state index contributed by atoms with van der Waals surface area (Å²) in [5.74, 6) is 1.61. The summed E-state index contributed by atoms with van der Waals surface area (Å²) in [7, 11) is 0. The molecule has 0 fully saturated rings. The van der Waals surface area contributed by atoms with E-state index in [-0.39, 0.29) is 6.10 Å². The topological polar surface area (TPSA) is 30.5 Å². The molecule has 3 heteroatoms. The van der Waals surface area contributed by atoms with E-state index in [9.17, 15) is 0 Å². The summed E-state index contributed by atoms with van der Waals surface area (Å²) in [5.41, 5.74) is 1.20. The predicted molar refractivity (Wildman–Crippen MR) is 79.6 cm³/mol. The summed E-state index contributed by atoms with van der Waals surface area (Å²) < 4.78 is 11.3. The van der Waals surface area contributed by atoms with Crippen molar-refractivity contribution in [1.82, 2.24) is 5.32 Å². The van der Waals surface area contributed by atoms with E-state index in [1.807, 2.05) is 32.0 Å². The molecule has 0 aliphatic heterocycles. The van der Waals surface area contributed by atoms with E-state index < -0.39 is 0 Å². The van der Waals surface area contributed by atoms with Crippen LogP contribution in [0, 0.1) is 5.92 Å². The van der Waals surface area contributed by atoms with Crippen molar-refractivity contribution < 1.29 is 9.47 Å². The monoisotopic (exact) mass is 265 g/mol. The molecule has 0 saturated carbocycles. The van der Waals surface area contributed by atoms with Gasteiger partial charge in [0.25, 0.3) is 0 Å². The summed E-state index contributed by atoms with van der Waals surface area (Å²) in [6, 6.07) is 8.17. The summed E-state index contributed by atoms with van der Waals surface area (Å²) >= 11 is 0. The van der Waals surface area contributed by atoms with Gasteiger partial charge in [-0.1, -0.05) is 32.0 Å². The highest BCUT2D eigenvalue weighted by Gasteiger charge is 2.03. The summed E-state index contributed by atoms with van der Waals surface area (Å²) in [6.07, 6.45) is 0.256. The van der Waals surface area contributed by atoms with Gasteiger partial charge in [-0.3, -0.25) is 0 Å². The Morgan fingerprint density at radius 1 is 1.05 bits per heavy atom. The lowest BCUT2D eigenvalue weighted by molar-refractivity contribution is 0.0550. The third-order valence-corrected chi connectivity index (χ3v) is 2.63. The molecule has 0 heterocycles. The molecule has 1 rings (SSSR count). The van der Waals surface area contributed by atoms with Crippen molar-refractivity contribution in [2.24, 2.45) is 5.92 Å². The van der Waals surface area contributed by atoms with Gasteiger partial charge in [-0.25, -0.2) is 0 Å². The zero-order valence-corrected chi connectivity index (χ0v) is 12.6. The molecule has 0 radical (unpaired) electrons. The number of rotatable bonds is 9. The number of para-hydroxylation sites is 1. The highest BCUT2D eigenvalue weighted by molar-refractivity contribution is 5.33. The summed E-state index contributed by atoms with van der Waals surface area (Å²) in [5, 5.41) is 3.44. The minimum absolute atomic E-state index is 0.256. The van der Waals surface area contributed by atoms with Gasteiger partial charge in [0.2, 0.25) is 0 Å². The fraction of sp³-hybridized carbons (Fsp3) is 0.625. The van der Waals surface area contributed by atoms with Crippen LogP contribution in [-0.4, -0.2) is 25.9 Å². The fourth-order valence-electron chi connectivity index (χ4n) is 1.72. The van der Waals surface area contributed by atoms with E-state index in [1.165, 1.54) is 5.56 Å². The molecule has 1 aromatic carbocycles. The Morgan fingerprint density at radius 2 is 1.79 bits per heavy atom. The van der Waals surface area contributed by atoms with Crippen LogP contribution >= 0.6 is 0 Å². The Labute approximate surface area is 117 Å². The molecule has 0 amide bonds. The molecule has 0 atom stereocenters. The van der Waals surface area contributed by atoms with Crippen LogP contribution in [0.2, 0.25) is 0 Å². The fourth-order valence-corrected chi connectivity index (χ4v) is 1.72. The molecule has 1 N–H and O–H groups in total. The van der Waals surface area contributed by atoms with Gasteiger partial charge in [0.1, 0.15) is 12.4 Å². The van der Waals surface area contributed by atoms with Crippen molar-refractivity contribution in [3.63, 3.8) is 0 Å². The van der Waals surface area contributed by atoms with Crippen molar-refractivity contribution >= 4 is 0 Å². The van der Waals surface area contributed by atoms with E-state index in [1.54, 1.807) is 0 Å². The molecular formula is C16H27NO2. The number of benzene rings is 1. The van der Waals surface area contributed by atoms with Gasteiger partial charge < -0.3 is 14.8 Å². The second kappa shape index (κ2) is 8.94. The van der Waals surface area contributed by atoms with Crippen LogP contribution in [0.15, 0.2) is 24.3 Å². The number of hydrogen-bond acceptors (Lipinski definition) is 3. The van der Waals surface area contributed by atoms with Crippen LogP contribution in [-0.2, 0) is 11.3 Å². The molecule has 0 aliphatic rings. The standard InChI is InChI=1S/C16H27NO2/c1-13(2)11-17-12-15-7-5-6-8-16(15)19-10-9-18-14(3)4/h5-8,13-14,17H,9-12H2,1-4H3. The van der Waals surface area contributed by atoms with E-state index in [0.29, 0.717) is 19.1 Å². The minimum Gasteiger partial charge on any atom is -0.491 e. The molecule has 0 unspecified atom stereocenters. The SMILES string of the molecule is CC(C)CNCc1ccccc1OCCOC(C)C. The first-order valence-electron chi connectivity index (χ1n) is 7.12. The summed E-state index contributed by atoms with van der Waals surface area (Å²) in [4.78, 5) is 0. The van der Waals surface area contributed by atoms with E-state index in [0.717, 1.165) is 18.8 Å². The first kappa shape index (κ1) is 16.0. The molecule has 108 valence electrons. The Hall–Kier alpha value is -1.06. The normalized spacial score (nSPS) is 11.3. The van der Waals surface area contributed by atoms with Gasteiger partial charge >= 0.3 is 0 Å². The third kappa shape index (κ3) is 7.19. The van der Waals surface area contributed by atoms with Gasteiger partial charge in [-0.2, -0.15) is 0 Å². The van der Waals surface area contributed by atoms with E-state index in [4.69, 9.17) is 9.47 Å². The lowest BCUT2D eigenvalue weighted by atomic mass is 10.2. The lowest BCUT2D eigenvalue weighted by Crippen LogP contribution is -2.19. The zero-order chi connectivity index (χ0) is 14.1. The van der Waals surface area contributed by atoms with Gasteiger partial charge in [0.15, 0.2) is 0 Å². The molecule has 19 heavy (non-hydrogen) atoms. The van der Waals surface area contributed by atoms with Crippen LogP contribution < -0.4 is 10.1 Å². The Balaban J connectivity index is 2.39. The second-order valence-electron chi connectivity index (χ2n) is 5.40. The highest BCUT2D eigenvalue weighted by atomic mass is 16.5. The molecule has 0 bridgehead atoms. The molecule has 0 aromatic heterocycles. The first-order chi connectivity index (χ1) is 9.09. The van der Waals surface area contributed by atoms with E-state index in [2.05, 4.69) is 25.2 Å². The average Bonchev–Trinajstić information content (AvgIpc) is 2.35. The van der Waals surface area contributed by atoms with Crippen LogP contribution in [0.25, 0.3) is 0 Å². The molecule has 0 spiro atoms. The summed E-state index contributed by atoms with van der Waals surface area (Å²) in [6.45, 7) is 11.6. The second-order valence-corrected chi connectivity index (χ2v) is 5.40. The molecule has 0 aliphatic carbocycles. The molecule has 1 aromatic rings. The third-order valence-electron chi connectivity index (χ3n) is 2.63. The van der Waals surface area contributed by atoms with Crippen molar-refractivity contribution in [3.8, 4) is 5.75 Å². The zero-order valence-electron chi connectivity index (χ0n) is 12.6. The van der Waals surface area contributed by atoms with Crippen molar-refractivity contribution in [2.75, 3.05) is 19.8 Å². The van der Waals surface area contributed by atoms with Gasteiger partial charge in [0, 0.05) is 12.1 Å². The maximum Gasteiger partial charge on any atom is 0.123 e. The number of ether oxygens (including phenoxy) is 2. The maximum atomic E-state index is 5.78. The minimum atomic E-state index is 0.256. The lowest BCUT2D eigenvalue weighted by Gasteiger charge is -2.14. The molecule has 3 nitrogen and oxygen atoms in total. The van der Waals surface area contributed by atoms with Crippen molar-refractivity contribution in [1.29, 1.82) is 0 Å². The number of hydrogen-bond donors (Lipinski definition) is 1. The first-order valence-corrected chi connectivity index (χ1v) is 7.12. The maximum absolute atomic E-state index is 5.78. The Bertz CT molecular complexity index is 350. The smallest absolute Gasteiger partial charge is 0.123 e. The Kier molecular flexibility index (Phi) is 7.53. The molecule has 0 saturated heterocycles.